The van der Waals surface area contributed by atoms with E-state index in [9.17, 15) is 0 Å². The smallest absolute Gasteiger partial charge is 0.177 e. The molecule has 7 rings (SSSR count). The highest BCUT2D eigenvalue weighted by Gasteiger charge is 2.41. The molecule has 0 aliphatic heterocycles. The van der Waals surface area contributed by atoms with E-state index in [1.807, 2.05) is 12.1 Å². The molecule has 218 valence electrons. The second-order valence-electron chi connectivity index (χ2n) is 13.2. The van der Waals surface area contributed by atoms with Crippen LogP contribution in [-0.2, 0) is 0 Å². The summed E-state index contributed by atoms with van der Waals surface area (Å²) in [6, 6.07) is 42.2. The number of aromatic nitrogens is 4. The van der Waals surface area contributed by atoms with Crippen molar-refractivity contribution >= 4 is 0 Å². The summed E-state index contributed by atoms with van der Waals surface area (Å²) < 4.78 is 2.45. The van der Waals surface area contributed by atoms with Gasteiger partial charge in [0, 0.05) is 22.3 Å². The number of allylic oxidation sites excluding steroid dienone is 2. The molecular weight excluding hydrogens is 536 g/mol. The average Bonchev–Trinajstić information content (AvgIpc) is 3.65. The molecule has 1 aliphatic rings. The SMILES string of the molecule is CC1(C)C=CC(n2c(-c3nc(-c4ccccc4)c(-c4ccccc4)[nH]3)nc(-c3ccccc3)c2-c2ccccc2)C(C)(C)C1. The van der Waals surface area contributed by atoms with Crippen molar-refractivity contribution in [2.24, 2.45) is 10.8 Å². The molecule has 0 saturated carbocycles. The number of imidazole rings is 2. The van der Waals surface area contributed by atoms with Crippen molar-refractivity contribution < 1.29 is 0 Å². The summed E-state index contributed by atoms with van der Waals surface area (Å²) in [7, 11) is 0. The molecule has 0 bridgehead atoms. The van der Waals surface area contributed by atoms with Crippen molar-refractivity contribution in [2.75, 3.05) is 0 Å². The second-order valence-corrected chi connectivity index (χ2v) is 13.2. The molecule has 4 aromatic carbocycles. The second kappa shape index (κ2) is 10.9. The zero-order valence-corrected chi connectivity index (χ0v) is 25.8. The van der Waals surface area contributed by atoms with E-state index in [2.05, 4.69) is 159 Å². The normalized spacial score (nSPS) is 17.0. The van der Waals surface area contributed by atoms with Gasteiger partial charge < -0.3 is 9.55 Å². The zero-order valence-electron chi connectivity index (χ0n) is 25.8. The summed E-state index contributed by atoms with van der Waals surface area (Å²) in [6.07, 6.45) is 5.84. The number of hydrogen-bond acceptors (Lipinski definition) is 2. The minimum absolute atomic E-state index is 0.0394. The fraction of sp³-hybridized carbons (Fsp3) is 0.200. The highest BCUT2D eigenvalue weighted by Crippen LogP contribution is 2.51. The molecular formula is C40H38N4. The van der Waals surface area contributed by atoms with Gasteiger partial charge in [-0.1, -0.05) is 161 Å². The maximum Gasteiger partial charge on any atom is 0.177 e. The summed E-state index contributed by atoms with van der Waals surface area (Å²) >= 11 is 0. The molecule has 0 spiro atoms. The van der Waals surface area contributed by atoms with Gasteiger partial charge in [0.2, 0.25) is 0 Å². The molecule has 0 amide bonds. The van der Waals surface area contributed by atoms with Crippen molar-refractivity contribution in [2.45, 2.75) is 40.2 Å². The molecule has 2 aromatic heterocycles. The third-order valence-electron chi connectivity index (χ3n) is 8.75. The minimum Gasteiger partial charge on any atom is -0.335 e. The van der Waals surface area contributed by atoms with Gasteiger partial charge in [-0.25, -0.2) is 9.97 Å². The van der Waals surface area contributed by atoms with Crippen molar-refractivity contribution in [3.63, 3.8) is 0 Å². The number of hydrogen-bond donors (Lipinski definition) is 1. The number of nitrogens with zero attached hydrogens (tertiary/aromatic N) is 3. The molecule has 2 heterocycles. The first-order chi connectivity index (χ1) is 21.3. The van der Waals surface area contributed by atoms with Gasteiger partial charge in [0.25, 0.3) is 0 Å². The first kappa shape index (κ1) is 27.8. The standard InChI is InChI=1S/C40H38N4/c1-39(2)26-25-32(40(3,4)27-39)44-36(31-23-15-8-16-24-31)35(30-21-13-7-14-22-30)43-38(44)37-41-33(28-17-9-5-10-18-28)34(42-37)29-19-11-6-12-20-29/h5-26,32H,27H2,1-4H3,(H,41,42). The van der Waals surface area contributed by atoms with Gasteiger partial charge in [-0.05, 0) is 17.3 Å². The Morgan fingerprint density at radius 2 is 1.11 bits per heavy atom. The molecule has 4 nitrogen and oxygen atoms in total. The van der Waals surface area contributed by atoms with Crippen LogP contribution in [-0.4, -0.2) is 19.5 Å². The molecule has 1 atom stereocenters. The van der Waals surface area contributed by atoms with Crippen LogP contribution in [0.4, 0.5) is 0 Å². The van der Waals surface area contributed by atoms with Gasteiger partial charge in [-0.3, -0.25) is 0 Å². The minimum atomic E-state index is -0.0394. The Morgan fingerprint density at radius 3 is 1.66 bits per heavy atom. The monoisotopic (exact) mass is 574 g/mol. The lowest BCUT2D eigenvalue weighted by molar-refractivity contribution is 0.161. The van der Waals surface area contributed by atoms with Gasteiger partial charge in [0.1, 0.15) is 0 Å². The van der Waals surface area contributed by atoms with E-state index in [1.54, 1.807) is 0 Å². The Bertz CT molecular complexity index is 1850. The van der Waals surface area contributed by atoms with E-state index in [-0.39, 0.29) is 16.9 Å². The maximum absolute atomic E-state index is 5.48. The predicted octanol–water partition coefficient (Wildman–Crippen LogP) is 10.5. The molecule has 44 heavy (non-hydrogen) atoms. The van der Waals surface area contributed by atoms with Gasteiger partial charge in [-0.2, -0.15) is 0 Å². The summed E-state index contributed by atoms with van der Waals surface area (Å²) in [4.78, 5) is 14.6. The highest BCUT2D eigenvalue weighted by atomic mass is 15.2. The van der Waals surface area contributed by atoms with Crippen molar-refractivity contribution in [3.8, 4) is 56.7 Å². The predicted molar refractivity (Wildman–Crippen MR) is 182 cm³/mol. The lowest BCUT2D eigenvalue weighted by atomic mass is 9.66. The van der Waals surface area contributed by atoms with E-state index in [1.165, 1.54) is 0 Å². The summed E-state index contributed by atoms with van der Waals surface area (Å²) in [6.45, 7) is 9.43. The van der Waals surface area contributed by atoms with Crippen LogP contribution in [0.15, 0.2) is 133 Å². The number of aromatic amines is 1. The van der Waals surface area contributed by atoms with Crippen molar-refractivity contribution in [3.05, 3.63) is 133 Å². The van der Waals surface area contributed by atoms with Crippen molar-refractivity contribution in [1.82, 2.24) is 19.5 Å². The number of rotatable bonds is 6. The largest absolute Gasteiger partial charge is 0.335 e. The Kier molecular flexibility index (Phi) is 6.93. The van der Waals surface area contributed by atoms with E-state index < -0.39 is 0 Å². The first-order valence-electron chi connectivity index (χ1n) is 15.4. The Balaban J connectivity index is 1.55. The summed E-state index contributed by atoms with van der Waals surface area (Å²) in [5.74, 6) is 1.60. The Hall–Kier alpha value is -4.96. The summed E-state index contributed by atoms with van der Waals surface area (Å²) in [5, 5.41) is 0. The number of benzene rings is 4. The summed E-state index contributed by atoms with van der Waals surface area (Å²) in [5.41, 5.74) is 8.43. The fourth-order valence-corrected chi connectivity index (χ4v) is 7.02. The lowest BCUT2D eigenvalue weighted by Gasteiger charge is -2.43. The fourth-order valence-electron chi connectivity index (χ4n) is 7.02. The van der Waals surface area contributed by atoms with Gasteiger partial charge in [0.15, 0.2) is 11.6 Å². The van der Waals surface area contributed by atoms with Gasteiger partial charge >= 0.3 is 0 Å². The molecule has 4 heteroatoms. The van der Waals surface area contributed by atoms with Crippen LogP contribution in [0.25, 0.3) is 56.7 Å². The molecule has 1 unspecified atom stereocenters. The van der Waals surface area contributed by atoms with E-state index in [0.717, 1.165) is 63.1 Å². The van der Waals surface area contributed by atoms with Crippen LogP contribution < -0.4 is 0 Å². The van der Waals surface area contributed by atoms with E-state index >= 15 is 0 Å². The lowest BCUT2D eigenvalue weighted by Crippen LogP contribution is -2.35. The van der Waals surface area contributed by atoms with Crippen LogP contribution >= 0.6 is 0 Å². The third-order valence-corrected chi connectivity index (χ3v) is 8.75. The van der Waals surface area contributed by atoms with Crippen LogP contribution in [0, 0.1) is 10.8 Å². The third kappa shape index (κ3) is 5.11. The number of H-pyrrole nitrogens is 1. The first-order valence-corrected chi connectivity index (χ1v) is 15.4. The Labute approximate surface area is 260 Å². The molecule has 0 saturated heterocycles. The van der Waals surface area contributed by atoms with Crippen molar-refractivity contribution in [1.29, 1.82) is 0 Å². The quantitative estimate of drug-likeness (QED) is 0.201. The van der Waals surface area contributed by atoms with Crippen LogP contribution in [0.3, 0.4) is 0 Å². The van der Waals surface area contributed by atoms with E-state index in [4.69, 9.17) is 9.97 Å². The van der Waals surface area contributed by atoms with Crippen LogP contribution in [0.1, 0.15) is 40.2 Å². The Morgan fingerprint density at radius 1 is 0.614 bits per heavy atom. The maximum atomic E-state index is 5.48. The zero-order chi connectivity index (χ0) is 30.3. The molecule has 0 fully saturated rings. The highest BCUT2D eigenvalue weighted by molar-refractivity contribution is 5.84. The molecule has 1 N–H and O–H groups in total. The van der Waals surface area contributed by atoms with Crippen LogP contribution in [0.5, 0.6) is 0 Å². The molecule has 0 radical (unpaired) electrons. The molecule has 6 aromatic rings. The average molecular weight is 575 g/mol. The number of nitrogens with one attached hydrogen (secondary N) is 1. The van der Waals surface area contributed by atoms with Gasteiger partial charge in [-0.15, -0.1) is 0 Å². The van der Waals surface area contributed by atoms with E-state index in [0.29, 0.717) is 0 Å². The topological polar surface area (TPSA) is 46.5 Å². The van der Waals surface area contributed by atoms with Gasteiger partial charge in [0.05, 0.1) is 28.8 Å². The molecule has 1 aliphatic carbocycles. The van der Waals surface area contributed by atoms with Crippen LogP contribution in [0.2, 0.25) is 0 Å².